The molecule has 0 amide bonds. The Hall–Kier alpha value is -1.94. The fourth-order valence-electron chi connectivity index (χ4n) is 2.01. The number of nitrogens with one attached hydrogen (secondary N) is 1. The average Bonchev–Trinajstić information content (AvgIpc) is 2.83. The van der Waals surface area contributed by atoms with E-state index in [0.29, 0.717) is 6.61 Å². The van der Waals surface area contributed by atoms with E-state index < -0.39 is 0 Å². The Bertz CT molecular complexity index is 704. The molecule has 3 aromatic rings. The van der Waals surface area contributed by atoms with E-state index in [9.17, 15) is 0 Å². The van der Waals surface area contributed by atoms with Crippen LogP contribution in [0.15, 0.2) is 53.0 Å². The van der Waals surface area contributed by atoms with Crippen LogP contribution in [0.2, 0.25) is 0 Å². The molecule has 4 heteroatoms. The lowest BCUT2D eigenvalue weighted by Gasteiger charge is -2.04. The molecule has 19 heavy (non-hydrogen) atoms. The van der Waals surface area contributed by atoms with Gasteiger partial charge >= 0.3 is 0 Å². The Kier molecular flexibility index (Phi) is 3.17. The quantitative estimate of drug-likeness (QED) is 0.715. The number of fused-ring (bicyclic) bond motifs is 1. The molecule has 3 nitrogen and oxygen atoms in total. The number of hydrogen-bond acceptors (Lipinski definition) is 2. The minimum Gasteiger partial charge on any atom is -0.487 e. The van der Waals surface area contributed by atoms with Gasteiger partial charge < -0.3 is 15.5 Å². The van der Waals surface area contributed by atoms with Gasteiger partial charge in [-0.2, -0.15) is 0 Å². The van der Waals surface area contributed by atoms with Crippen LogP contribution in [0.25, 0.3) is 10.9 Å². The summed E-state index contributed by atoms with van der Waals surface area (Å²) in [5, 5.41) is 1.04. The number of aromatic nitrogens is 1. The number of anilines is 1. The number of halogens is 1. The third-order valence-corrected chi connectivity index (χ3v) is 3.49. The summed E-state index contributed by atoms with van der Waals surface area (Å²) in [4.78, 5) is 3.30. The van der Waals surface area contributed by atoms with E-state index >= 15 is 0 Å². The molecule has 0 radical (unpaired) electrons. The second-order valence-electron chi connectivity index (χ2n) is 4.35. The van der Waals surface area contributed by atoms with E-state index in [0.717, 1.165) is 32.5 Å². The van der Waals surface area contributed by atoms with Crippen molar-refractivity contribution in [1.29, 1.82) is 0 Å². The van der Waals surface area contributed by atoms with E-state index in [2.05, 4.69) is 20.9 Å². The number of ether oxygens (including phenoxy) is 1. The zero-order valence-electron chi connectivity index (χ0n) is 10.2. The van der Waals surface area contributed by atoms with Crippen molar-refractivity contribution in [2.24, 2.45) is 0 Å². The van der Waals surface area contributed by atoms with E-state index in [4.69, 9.17) is 10.5 Å². The van der Waals surface area contributed by atoms with Crippen LogP contribution in [-0.2, 0) is 6.61 Å². The predicted molar refractivity (Wildman–Crippen MR) is 81.2 cm³/mol. The summed E-state index contributed by atoms with van der Waals surface area (Å²) in [5.74, 6) is 0.842. The smallest absolute Gasteiger partial charge is 0.128 e. The minimum absolute atomic E-state index is 0.496. The molecule has 96 valence electrons. The van der Waals surface area contributed by atoms with E-state index in [1.54, 1.807) is 0 Å². The minimum atomic E-state index is 0.496. The second-order valence-corrected chi connectivity index (χ2v) is 5.26. The Morgan fingerprint density at radius 1 is 1.11 bits per heavy atom. The molecule has 0 aliphatic rings. The van der Waals surface area contributed by atoms with Crippen molar-refractivity contribution in [2.45, 2.75) is 6.61 Å². The van der Waals surface area contributed by atoms with E-state index in [1.807, 2.05) is 48.5 Å². The first kappa shape index (κ1) is 12.1. The Balaban J connectivity index is 1.78. The topological polar surface area (TPSA) is 51.0 Å². The molecular formula is C15H13BrN2O. The van der Waals surface area contributed by atoms with Crippen LogP contribution in [0.3, 0.4) is 0 Å². The summed E-state index contributed by atoms with van der Waals surface area (Å²) in [6, 6.07) is 15.7. The molecular weight excluding hydrogens is 304 g/mol. The number of benzene rings is 2. The number of nitrogen functional groups attached to an aromatic ring is 1. The molecule has 2 aromatic carbocycles. The van der Waals surface area contributed by atoms with Gasteiger partial charge in [-0.3, -0.25) is 0 Å². The molecule has 0 bridgehead atoms. The zero-order valence-corrected chi connectivity index (χ0v) is 11.8. The summed E-state index contributed by atoms with van der Waals surface area (Å²) >= 11 is 3.40. The average molecular weight is 317 g/mol. The normalized spacial score (nSPS) is 10.8. The summed E-state index contributed by atoms with van der Waals surface area (Å²) in [6.45, 7) is 0.496. The second kappa shape index (κ2) is 4.97. The van der Waals surface area contributed by atoms with Gasteiger partial charge in [0.15, 0.2) is 0 Å². The third-order valence-electron chi connectivity index (χ3n) is 2.96. The number of hydrogen-bond donors (Lipinski definition) is 2. The predicted octanol–water partition coefficient (Wildman–Crippen LogP) is 4.09. The maximum Gasteiger partial charge on any atom is 0.128 e. The van der Waals surface area contributed by atoms with E-state index in [1.165, 1.54) is 0 Å². The van der Waals surface area contributed by atoms with Crippen molar-refractivity contribution in [1.82, 2.24) is 4.98 Å². The molecule has 0 atom stereocenters. The zero-order chi connectivity index (χ0) is 13.2. The summed E-state index contributed by atoms with van der Waals surface area (Å²) in [5.41, 5.74) is 8.76. The van der Waals surface area contributed by atoms with Crippen LogP contribution in [0.4, 0.5) is 5.69 Å². The molecule has 1 aromatic heterocycles. The lowest BCUT2D eigenvalue weighted by molar-refractivity contribution is 0.302. The van der Waals surface area contributed by atoms with Crippen molar-refractivity contribution < 1.29 is 4.74 Å². The van der Waals surface area contributed by atoms with Crippen LogP contribution < -0.4 is 10.5 Å². The molecule has 0 saturated carbocycles. The van der Waals surface area contributed by atoms with E-state index in [-0.39, 0.29) is 0 Å². The van der Waals surface area contributed by atoms with Gasteiger partial charge in [0.2, 0.25) is 0 Å². The van der Waals surface area contributed by atoms with Crippen LogP contribution >= 0.6 is 15.9 Å². The highest BCUT2D eigenvalue weighted by atomic mass is 79.9. The first-order valence-electron chi connectivity index (χ1n) is 5.97. The number of nitrogens with two attached hydrogens (primary N) is 1. The molecule has 0 unspecified atom stereocenters. The third kappa shape index (κ3) is 2.58. The molecule has 0 aliphatic heterocycles. The number of aromatic amines is 1. The van der Waals surface area contributed by atoms with Crippen molar-refractivity contribution >= 4 is 32.5 Å². The molecule has 1 heterocycles. The lowest BCUT2D eigenvalue weighted by Crippen LogP contribution is -1.94. The van der Waals surface area contributed by atoms with Gasteiger partial charge in [-0.1, -0.05) is 22.0 Å². The fourth-order valence-corrected chi connectivity index (χ4v) is 2.27. The summed E-state index contributed by atoms with van der Waals surface area (Å²) in [6.07, 6.45) is 0. The van der Waals surface area contributed by atoms with Gasteiger partial charge in [-0.15, -0.1) is 0 Å². The maximum absolute atomic E-state index is 5.93. The lowest BCUT2D eigenvalue weighted by atomic mass is 10.2. The Morgan fingerprint density at radius 2 is 1.89 bits per heavy atom. The van der Waals surface area contributed by atoms with Gasteiger partial charge in [0, 0.05) is 21.1 Å². The standard InChI is InChI=1S/C15H13BrN2O/c16-10-4-6-12(7-5-10)19-9-11-8-13-14(17)2-1-3-15(13)18-11/h1-8,18H,9,17H2. The summed E-state index contributed by atoms with van der Waals surface area (Å²) < 4.78 is 6.76. The number of H-pyrrole nitrogens is 1. The summed E-state index contributed by atoms with van der Waals surface area (Å²) in [7, 11) is 0. The first-order valence-corrected chi connectivity index (χ1v) is 6.76. The van der Waals surface area contributed by atoms with Crippen molar-refractivity contribution in [2.75, 3.05) is 5.73 Å². The van der Waals surface area contributed by atoms with Crippen molar-refractivity contribution in [3.8, 4) is 5.75 Å². The van der Waals surface area contributed by atoms with Gasteiger partial charge in [0.1, 0.15) is 12.4 Å². The van der Waals surface area contributed by atoms with Gasteiger partial charge in [-0.05, 0) is 42.5 Å². The Labute approximate surface area is 119 Å². The first-order chi connectivity index (χ1) is 9.22. The molecule has 0 saturated heterocycles. The molecule has 3 N–H and O–H groups in total. The molecule has 0 spiro atoms. The highest BCUT2D eigenvalue weighted by molar-refractivity contribution is 9.10. The van der Waals surface area contributed by atoms with Crippen LogP contribution in [0.5, 0.6) is 5.75 Å². The van der Waals surface area contributed by atoms with Crippen molar-refractivity contribution in [3.63, 3.8) is 0 Å². The highest BCUT2D eigenvalue weighted by Crippen LogP contribution is 2.23. The fraction of sp³-hybridized carbons (Fsp3) is 0.0667. The van der Waals surface area contributed by atoms with Gasteiger partial charge in [-0.25, -0.2) is 0 Å². The van der Waals surface area contributed by atoms with Crippen LogP contribution in [-0.4, -0.2) is 4.98 Å². The van der Waals surface area contributed by atoms with Gasteiger partial charge in [0.25, 0.3) is 0 Å². The molecule has 0 fully saturated rings. The van der Waals surface area contributed by atoms with Crippen molar-refractivity contribution in [3.05, 3.63) is 58.7 Å². The largest absolute Gasteiger partial charge is 0.487 e. The van der Waals surface area contributed by atoms with Crippen LogP contribution in [0.1, 0.15) is 5.69 Å². The molecule has 3 rings (SSSR count). The monoisotopic (exact) mass is 316 g/mol. The SMILES string of the molecule is Nc1cccc2[nH]c(COc3ccc(Br)cc3)cc12. The number of rotatable bonds is 3. The molecule has 0 aliphatic carbocycles. The maximum atomic E-state index is 5.93. The van der Waals surface area contributed by atoms with Gasteiger partial charge in [0.05, 0.1) is 5.69 Å². The Morgan fingerprint density at radius 3 is 2.63 bits per heavy atom. The highest BCUT2D eigenvalue weighted by Gasteiger charge is 2.04. The van der Waals surface area contributed by atoms with Crippen LogP contribution in [0, 0.1) is 0 Å².